The van der Waals surface area contributed by atoms with E-state index >= 15 is 0 Å². The molecule has 0 saturated heterocycles. The number of nitrogens with one attached hydrogen (secondary N) is 1. The molecule has 0 heterocycles. The monoisotopic (exact) mass is 999 g/mol. The summed E-state index contributed by atoms with van der Waals surface area (Å²) < 4.78 is 120. The maximum absolute atomic E-state index is 13.1. The quantitative estimate of drug-likeness (QED) is 0.0380. The second-order valence-electron chi connectivity index (χ2n) is 12.5. The van der Waals surface area contributed by atoms with Crippen molar-refractivity contribution in [3.63, 3.8) is 0 Å². The van der Waals surface area contributed by atoms with E-state index < -0.39 is 109 Å². The summed E-state index contributed by atoms with van der Waals surface area (Å²) in [5, 5.41) is 2.49. The minimum Gasteiger partial charge on any atom is -0.356 e. The lowest BCUT2D eigenvalue weighted by Gasteiger charge is -2.48. The molecule has 61 heavy (non-hydrogen) atoms. The maximum atomic E-state index is 13.1. The summed E-state index contributed by atoms with van der Waals surface area (Å²) in [6.45, 7) is -0.722. The molecule has 0 aliphatic heterocycles. The van der Waals surface area contributed by atoms with Gasteiger partial charge in [-0.1, -0.05) is 67.4 Å². The van der Waals surface area contributed by atoms with E-state index in [2.05, 4.69) is 27.9 Å². The number of phosphoric ester groups is 6. The lowest BCUT2D eigenvalue weighted by Crippen LogP contribution is -2.66. The highest BCUT2D eigenvalue weighted by Crippen LogP contribution is 2.58. The van der Waals surface area contributed by atoms with Crippen LogP contribution in [0.15, 0.2) is 54.6 Å². The summed E-state index contributed by atoms with van der Waals surface area (Å²) in [5.41, 5.74) is 1.10. The van der Waals surface area contributed by atoms with Crippen molar-refractivity contribution >= 4 is 58.6 Å². The number of carbonyl (C=O) groups is 2. The molecule has 3 rings (SSSR count). The average Bonchev–Trinajstić information content (AvgIpc) is 3.14. The molecule has 33 heteroatoms. The van der Waals surface area contributed by atoms with E-state index in [0.29, 0.717) is 16.7 Å². The molecular weight excluding hydrogens is 952 g/mol. The molecule has 2 aromatic carbocycles. The number of aryl methyl sites for hydroxylation is 1. The number of carbonyl (C=O) groups excluding carboxylic acids is 2. The fourth-order valence-corrected chi connectivity index (χ4v) is 9.28. The van der Waals surface area contributed by atoms with Gasteiger partial charge in [-0.3, -0.25) is 41.3 Å². The Morgan fingerprint density at radius 2 is 0.902 bits per heavy atom. The Balaban J connectivity index is 1.67. The largest absolute Gasteiger partial charge is 0.472 e. The minimum atomic E-state index is -6.12. The summed E-state index contributed by atoms with van der Waals surface area (Å²) in [5.74, 6) is -1.04. The van der Waals surface area contributed by atoms with E-state index in [1.165, 1.54) is 24.3 Å². The molecule has 1 aliphatic carbocycles. The number of ketones is 1. The van der Waals surface area contributed by atoms with Crippen LogP contribution >= 0.6 is 46.9 Å². The standard InChI is InChI=1S/C28H43NO26P6/c30-21(15-12-18-10-13-20(14-11-18)22(31)19-8-4-3-5-9-19)29-16-6-1-2-7-17-49-61(47,48)55-28-26(53-59(41,42)43)24(51-57(35,36)37)23(50-56(32,33)34)25(52-58(38,39)40)27(28)54-60(44,45)46/h3-5,8-11,13-14,23-28H,1-2,6-7,12,15-17H2,(H,29,30)(H,47,48)(H2,32,33,34)(H2,35,36,37)(H2,38,39,40)(H2,41,42,43)(H2,44,45,46)/t23?,24-,25+,26-,27-,28?/m1/s1/i12T,15T/t12?,15?,23?,24-,25+,26-,27-,28?. The zero-order chi connectivity index (χ0) is 47.8. The lowest BCUT2D eigenvalue weighted by molar-refractivity contribution is -0.202. The first-order chi connectivity index (χ1) is 28.8. The predicted octanol–water partition coefficient (Wildman–Crippen LogP) is 1.43. The molecule has 9 atom stereocenters. The number of benzene rings is 2. The molecule has 346 valence electrons. The van der Waals surface area contributed by atoms with Crippen molar-refractivity contribution in [1.29, 1.82) is 0 Å². The molecule has 2 aromatic rings. The van der Waals surface area contributed by atoms with Crippen molar-refractivity contribution in [2.75, 3.05) is 13.2 Å². The van der Waals surface area contributed by atoms with Gasteiger partial charge in [0.05, 0.1) is 6.61 Å². The highest BCUT2D eigenvalue weighted by molar-refractivity contribution is 7.48. The van der Waals surface area contributed by atoms with E-state index in [-0.39, 0.29) is 38.0 Å². The zero-order valence-electron chi connectivity index (χ0n) is 32.8. The smallest absolute Gasteiger partial charge is 0.356 e. The maximum Gasteiger partial charge on any atom is 0.472 e. The Labute approximate surface area is 348 Å². The number of phosphoric acid groups is 6. The van der Waals surface area contributed by atoms with Gasteiger partial charge >= 0.3 is 46.9 Å². The van der Waals surface area contributed by atoms with Gasteiger partial charge in [0.2, 0.25) is 5.91 Å². The molecule has 0 spiro atoms. The van der Waals surface area contributed by atoms with Crippen LogP contribution in [0.1, 0.15) is 56.3 Å². The first kappa shape index (κ1) is 50.2. The fraction of sp³-hybridized carbons (Fsp3) is 0.500. The SMILES string of the molecule is [3H]C(C(=O)NCCCCCCOP(=O)(O)OC1[C@H](OP(=O)(O)O)[C@H](OP(=O)(O)O)C(OP(=O)(O)O)[C@H](OP(=O)(O)O)[C@H]1OP(=O)(O)O)C([3H])c1ccc(C(=O)c2ccccc2)cc1. The average molecular weight is 999 g/mol. The van der Waals surface area contributed by atoms with Gasteiger partial charge < -0.3 is 59.1 Å². The van der Waals surface area contributed by atoms with Crippen molar-refractivity contribution in [2.45, 2.75) is 75.1 Å². The minimum absolute atomic E-state index is 0.0138. The third-order valence-corrected chi connectivity index (χ3v) is 11.4. The lowest BCUT2D eigenvalue weighted by atomic mass is 9.85. The van der Waals surface area contributed by atoms with Crippen LogP contribution in [0.2, 0.25) is 0 Å². The van der Waals surface area contributed by atoms with Crippen LogP contribution in [0.3, 0.4) is 0 Å². The third-order valence-electron chi connectivity index (χ3n) is 7.75. The topological polar surface area (TPSA) is 436 Å². The van der Waals surface area contributed by atoms with Crippen molar-refractivity contribution in [3.8, 4) is 0 Å². The summed E-state index contributed by atoms with van der Waals surface area (Å²) in [7, 11) is -36.3. The van der Waals surface area contributed by atoms with E-state index in [9.17, 15) is 90.8 Å². The predicted molar refractivity (Wildman–Crippen MR) is 201 cm³/mol. The van der Waals surface area contributed by atoms with Crippen LogP contribution in [0.5, 0.6) is 0 Å². The molecule has 1 saturated carbocycles. The Morgan fingerprint density at radius 3 is 1.31 bits per heavy atom. The number of unbranched alkanes of at least 4 members (excludes halogenated alkanes) is 3. The van der Waals surface area contributed by atoms with Crippen molar-refractivity contribution < 1.29 is 125 Å². The van der Waals surface area contributed by atoms with E-state index in [0.717, 1.165) is 0 Å². The van der Waals surface area contributed by atoms with Crippen molar-refractivity contribution in [2.24, 2.45) is 0 Å². The summed E-state index contributed by atoms with van der Waals surface area (Å²) in [6, 6.07) is 14.3. The van der Waals surface area contributed by atoms with Crippen LogP contribution < -0.4 is 5.32 Å². The van der Waals surface area contributed by atoms with Crippen molar-refractivity contribution in [3.05, 3.63) is 71.3 Å². The van der Waals surface area contributed by atoms with Gasteiger partial charge in [0.25, 0.3) is 0 Å². The first-order valence-electron chi connectivity index (χ1n) is 18.1. The van der Waals surface area contributed by atoms with Gasteiger partial charge in [0.1, 0.15) is 36.6 Å². The first-order valence-corrected chi connectivity index (χ1v) is 26.1. The zero-order valence-corrected chi connectivity index (χ0v) is 36.2. The van der Waals surface area contributed by atoms with Crippen LogP contribution in [-0.2, 0) is 70.2 Å². The van der Waals surface area contributed by atoms with Crippen LogP contribution in [-0.4, -0.2) is 115 Å². The third kappa shape index (κ3) is 20.3. The highest BCUT2D eigenvalue weighted by Gasteiger charge is 2.63. The normalized spacial score (nSPS) is 24.2. The summed E-state index contributed by atoms with van der Waals surface area (Å²) in [4.78, 5) is 131. The van der Waals surface area contributed by atoms with E-state index in [4.69, 9.17) is 11.8 Å². The summed E-state index contributed by atoms with van der Waals surface area (Å²) in [6.07, 6.45) is -21.2. The van der Waals surface area contributed by atoms with Crippen LogP contribution in [0, 0.1) is 0 Å². The molecule has 1 fully saturated rings. The Bertz CT molecular complexity index is 2080. The van der Waals surface area contributed by atoms with Gasteiger partial charge in [0.15, 0.2) is 5.78 Å². The molecule has 1 amide bonds. The summed E-state index contributed by atoms with van der Waals surface area (Å²) >= 11 is 0. The second kappa shape index (κ2) is 22.4. The Hall–Kier alpha value is -1.76. The van der Waals surface area contributed by atoms with E-state index in [1.807, 2.05) is 0 Å². The molecule has 0 aromatic heterocycles. The highest BCUT2D eigenvalue weighted by atomic mass is 31.2. The molecule has 0 radical (unpaired) electrons. The van der Waals surface area contributed by atoms with Gasteiger partial charge in [0, 0.05) is 26.8 Å². The number of hydrogen-bond acceptors (Lipinski definition) is 15. The number of rotatable bonds is 25. The van der Waals surface area contributed by atoms with Crippen LogP contribution in [0.4, 0.5) is 0 Å². The molecule has 27 nitrogen and oxygen atoms in total. The fourth-order valence-electron chi connectivity index (χ4n) is 5.52. The Kier molecular flexibility index (Phi) is 18.5. The number of hydrogen-bond donors (Lipinski definition) is 12. The Morgan fingerprint density at radius 1 is 0.525 bits per heavy atom. The van der Waals surface area contributed by atoms with Gasteiger partial charge in [-0.25, -0.2) is 27.4 Å². The van der Waals surface area contributed by atoms with Crippen molar-refractivity contribution in [1.82, 2.24) is 5.32 Å². The van der Waals surface area contributed by atoms with Crippen LogP contribution in [0.25, 0.3) is 0 Å². The molecule has 12 N–H and O–H groups in total. The molecule has 0 bridgehead atoms. The van der Waals surface area contributed by atoms with Gasteiger partial charge in [-0.15, -0.1) is 0 Å². The second-order valence-corrected chi connectivity index (χ2v) is 19.9. The van der Waals surface area contributed by atoms with E-state index in [1.54, 1.807) is 30.3 Å². The van der Waals surface area contributed by atoms with Gasteiger partial charge in [-0.05, 0) is 24.8 Å². The molecular formula is C28H43NO26P6. The number of amides is 1. The van der Waals surface area contributed by atoms with Gasteiger partial charge in [-0.2, -0.15) is 0 Å². The molecule has 5 unspecified atom stereocenters. The molecule has 1 aliphatic rings.